The molecule has 0 spiro atoms. The quantitative estimate of drug-likeness (QED) is 0.333. The van der Waals surface area contributed by atoms with Crippen LogP contribution in [0.25, 0.3) is 0 Å². The Morgan fingerprint density at radius 2 is 1.94 bits per heavy atom. The summed E-state index contributed by atoms with van der Waals surface area (Å²) >= 11 is 0. The van der Waals surface area contributed by atoms with Crippen LogP contribution in [0.1, 0.15) is 51.5 Å². The maximum Gasteiger partial charge on any atom is 0.163 e. The van der Waals surface area contributed by atoms with Crippen LogP contribution in [0.2, 0.25) is 0 Å². The highest BCUT2D eigenvalue weighted by Gasteiger charge is 2.47. The van der Waals surface area contributed by atoms with E-state index in [1.807, 2.05) is 44.2 Å². The Labute approximate surface area is 198 Å². The minimum absolute atomic E-state index is 0.0577. The maximum atomic E-state index is 10.1. The lowest BCUT2D eigenvalue weighted by atomic mass is 9.81. The molecule has 0 aromatic heterocycles. The Morgan fingerprint density at radius 3 is 2.64 bits per heavy atom. The van der Waals surface area contributed by atoms with Gasteiger partial charge in [-0.1, -0.05) is 42.5 Å². The van der Waals surface area contributed by atoms with Gasteiger partial charge < -0.3 is 23.7 Å². The molecule has 0 unspecified atom stereocenters. The average Bonchev–Trinajstić information content (AvgIpc) is 2.79. The zero-order valence-corrected chi connectivity index (χ0v) is 19.9. The van der Waals surface area contributed by atoms with Crippen LogP contribution in [0.3, 0.4) is 0 Å². The molecule has 2 aliphatic heterocycles. The normalized spacial score (nSPS) is 31.4. The van der Waals surface area contributed by atoms with Crippen LogP contribution in [-0.4, -0.2) is 43.1 Å². The van der Waals surface area contributed by atoms with Gasteiger partial charge in [-0.25, -0.2) is 0 Å². The summed E-state index contributed by atoms with van der Waals surface area (Å²) in [6.07, 6.45) is 6.60. The van der Waals surface area contributed by atoms with Crippen LogP contribution >= 0.6 is 0 Å². The second kappa shape index (κ2) is 11.9. The first-order chi connectivity index (χ1) is 15.9. The first kappa shape index (κ1) is 25.6. The van der Waals surface area contributed by atoms with E-state index in [1.54, 1.807) is 0 Å². The van der Waals surface area contributed by atoms with Crippen LogP contribution in [0, 0.1) is 17.2 Å². The van der Waals surface area contributed by atoms with Gasteiger partial charge in [-0.2, -0.15) is 5.26 Å². The van der Waals surface area contributed by atoms with Gasteiger partial charge in [-0.05, 0) is 38.7 Å². The van der Waals surface area contributed by atoms with Crippen molar-refractivity contribution in [2.75, 3.05) is 13.4 Å². The Kier molecular flexibility index (Phi) is 9.25. The molecule has 33 heavy (non-hydrogen) atoms. The van der Waals surface area contributed by atoms with Crippen molar-refractivity contribution in [3.8, 4) is 6.07 Å². The van der Waals surface area contributed by atoms with Gasteiger partial charge in [0.25, 0.3) is 0 Å². The minimum Gasteiger partial charge on any atom is -0.377 e. The van der Waals surface area contributed by atoms with Gasteiger partial charge in [-0.3, -0.25) is 0 Å². The van der Waals surface area contributed by atoms with Crippen LogP contribution in [0.15, 0.2) is 55.6 Å². The zero-order chi connectivity index (χ0) is 23.7. The smallest absolute Gasteiger partial charge is 0.163 e. The number of ether oxygens (including phenoxy) is 5. The van der Waals surface area contributed by atoms with E-state index in [-0.39, 0.29) is 31.0 Å². The van der Waals surface area contributed by atoms with Crippen molar-refractivity contribution >= 4 is 0 Å². The summed E-state index contributed by atoms with van der Waals surface area (Å²) in [6.45, 7) is 13.0. The highest BCUT2D eigenvalue weighted by molar-refractivity contribution is 5.13. The molecule has 2 heterocycles. The summed E-state index contributed by atoms with van der Waals surface area (Å²) in [6, 6.07) is 12.6. The fourth-order valence-corrected chi connectivity index (χ4v) is 4.69. The largest absolute Gasteiger partial charge is 0.377 e. The topological polar surface area (TPSA) is 69.9 Å². The van der Waals surface area contributed by atoms with Crippen LogP contribution in [-0.2, 0) is 30.3 Å². The highest BCUT2D eigenvalue weighted by atomic mass is 16.7. The first-order valence-electron chi connectivity index (χ1n) is 11.8. The molecule has 5 atom stereocenters. The molecule has 3 rings (SSSR count). The van der Waals surface area contributed by atoms with Crippen molar-refractivity contribution in [2.24, 2.45) is 5.92 Å². The summed E-state index contributed by atoms with van der Waals surface area (Å²) in [7, 11) is 0. The predicted octanol–water partition coefficient (Wildman–Crippen LogP) is 5.30. The molecule has 1 aromatic carbocycles. The third kappa shape index (κ3) is 7.23. The maximum absolute atomic E-state index is 10.1. The molecule has 6 heteroatoms. The molecule has 6 nitrogen and oxygen atoms in total. The molecule has 0 radical (unpaired) electrons. The van der Waals surface area contributed by atoms with Crippen molar-refractivity contribution < 1.29 is 23.7 Å². The minimum atomic E-state index is -0.966. The fourth-order valence-electron chi connectivity index (χ4n) is 4.69. The number of nitriles is 1. The first-order valence-corrected chi connectivity index (χ1v) is 11.8. The Balaban J connectivity index is 1.55. The lowest BCUT2D eigenvalue weighted by Crippen LogP contribution is -2.54. The van der Waals surface area contributed by atoms with E-state index in [2.05, 4.69) is 31.4 Å². The lowest BCUT2D eigenvalue weighted by Gasteiger charge is -2.47. The van der Waals surface area contributed by atoms with Gasteiger partial charge in [0.2, 0.25) is 0 Å². The van der Waals surface area contributed by atoms with Crippen LogP contribution in [0.5, 0.6) is 0 Å². The van der Waals surface area contributed by atoms with Crippen LogP contribution in [0.4, 0.5) is 0 Å². The molecule has 2 aliphatic rings. The van der Waals surface area contributed by atoms with Gasteiger partial charge >= 0.3 is 0 Å². The molecule has 0 N–H and O–H groups in total. The second-order valence-electron chi connectivity index (χ2n) is 9.30. The summed E-state index contributed by atoms with van der Waals surface area (Å²) in [5, 5.41) is 10.1. The van der Waals surface area contributed by atoms with Crippen molar-refractivity contribution in [2.45, 2.75) is 82.3 Å². The number of benzene rings is 1. The molecule has 0 saturated carbocycles. The van der Waals surface area contributed by atoms with Gasteiger partial charge in [0.1, 0.15) is 6.79 Å². The molecule has 0 amide bonds. The van der Waals surface area contributed by atoms with Gasteiger partial charge in [0, 0.05) is 25.4 Å². The van der Waals surface area contributed by atoms with Crippen molar-refractivity contribution in [1.29, 1.82) is 5.26 Å². The Morgan fingerprint density at radius 1 is 1.18 bits per heavy atom. The molecule has 0 aliphatic carbocycles. The summed E-state index contributed by atoms with van der Waals surface area (Å²) in [5.41, 5.74) is 0.195. The predicted molar refractivity (Wildman–Crippen MR) is 126 cm³/mol. The number of rotatable bonds is 11. The van der Waals surface area contributed by atoms with Gasteiger partial charge in [-0.15, -0.1) is 13.2 Å². The monoisotopic (exact) mass is 455 g/mol. The number of hydrogen-bond donors (Lipinski definition) is 0. The molecular weight excluding hydrogens is 418 g/mol. The van der Waals surface area contributed by atoms with E-state index in [0.717, 1.165) is 18.4 Å². The lowest BCUT2D eigenvalue weighted by molar-refractivity contribution is -0.323. The summed E-state index contributed by atoms with van der Waals surface area (Å²) < 4.78 is 29.9. The molecule has 180 valence electrons. The molecular formula is C27H37NO5. The fraction of sp³-hybridized carbons (Fsp3) is 0.593. The zero-order valence-electron chi connectivity index (χ0n) is 19.9. The third-order valence-corrected chi connectivity index (χ3v) is 6.26. The van der Waals surface area contributed by atoms with Crippen molar-refractivity contribution in [3.63, 3.8) is 0 Å². The van der Waals surface area contributed by atoms with Crippen LogP contribution < -0.4 is 0 Å². The standard InChI is InChI=1S/C27H37NO5/c1-5-11-24-23(6-2)25(33-26(3,4)32-24)17-27(19-28)16-22(30-20-31-27)14-10-15-29-18-21-12-8-7-9-13-21/h5-9,12-13,22-25H,1-2,10-11,14-18,20H2,3-4H3/t22-,23-,24-,25-,27-/m0/s1. The molecule has 2 fully saturated rings. The van der Waals surface area contributed by atoms with E-state index < -0.39 is 11.4 Å². The highest BCUT2D eigenvalue weighted by Crippen LogP contribution is 2.40. The summed E-state index contributed by atoms with van der Waals surface area (Å²) in [5.74, 6) is -0.813. The number of hydrogen-bond acceptors (Lipinski definition) is 6. The van der Waals surface area contributed by atoms with E-state index in [1.165, 1.54) is 0 Å². The number of nitrogens with zero attached hydrogens (tertiary/aromatic N) is 1. The van der Waals surface area contributed by atoms with E-state index in [4.69, 9.17) is 23.7 Å². The van der Waals surface area contributed by atoms with Gasteiger partial charge in [0.05, 0.1) is 31.0 Å². The van der Waals surface area contributed by atoms with Crippen molar-refractivity contribution in [3.05, 3.63) is 61.2 Å². The third-order valence-electron chi connectivity index (χ3n) is 6.26. The molecule has 0 bridgehead atoms. The van der Waals surface area contributed by atoms with E-state index in [0.29, 0.717) is 32.5 Å². The SMILES string of the molecule is C=CC[C@@H]1OC(C)(C)O[C@@H](C[C@]2(C#N)C[C@H](CCCOCc3ccccc3)OCO2)[C@H]1C=C. The molecule has 2 saturated heterocycles. The van der Waals surface area contributed by atoms with Gasteiger partial charge in [0.15, 0.2) is 11.4 Å². The Bertz CT molecular complexity index is 804. The Hall–Kier alpha value is -2.01. The average molecular weight is 456 g/mol. The second-order valence-corrected chi connectivity index (χ2v) is 9.30. The van der Waals surface area contributed by atoms with E-state index in [9.17, 15) is 5.26 Å². The molecule has 1 aromatic rings. The van der Waals surface area contributed by atoms with E-state index >= 15 is 0 Å². The summed E-state index contributed by atoms with van der Waals surface area (Å²) in [4.78, 5) is 0. The van der Waals surface area contributed by atoms with Crippen molar-refractivity contribution in [1.82, 2.24) is 0 Å².